The average molecular weight is 383 g/mol. The van der Waals surface area contributed by atoms with E-state index in [1.807, 2.05) is 11.1 Å². The molecule has 5 aliphatic rings. The Bertz CT molecular complexity index is 682. The summed E-state index contributed by atoms with van der Waals surface area (Å²) in [6, 6.07) is 0. The van der Waals surface area contributed by atoms with Gasteiger partial charge >= 0.3 is 0 Å². The van der Waals surface area contributed by atoms with E-state index in [0.29, 0.717) is 21.7 Å². The van der Waals surface area contributed by atoms with Crippen molar-refractivity contribution in [3.05, 3.63) is 11.1 Å². The zero-order valence-corrected chi connectivity index (χ0v) is 19.8. The quantitative estimate of drug-likeness (QED) is 0.398. The smallest absolute Gasteiger partial charge is 0.00539 e. The van der Waals surface area contributed by atoms with Gasteiger partial charge in [-0.2, -0.15) is 0 Å². The molecule has 0 unspecified atom stereocenters. The zero-order chi connectivity index (χ0) is 19.9. The van der Waals surface area contributed by atoms with Gasteiger partial charge in [-0.3, -0.25) is 0 Å². The van der Waals surface area contributed by atoms with Crippen molar-refractivity contribution >= 4 is 0 Å². The van der Waals surface area contributed by atoms with Crippen LogP contribution in [0.3, 0.4) is 0 Å². The molecule has 5 aliphatic carbocycles. The largest absolute Gasteiger partial charge is 0.0670 e. The van der Waals surface area contributed by atoms with E-state index in [2.05, 4.69) is 41.5 Å². The Labute approximate surface area is 175 Å². The molecule has 0 aliphatic heterocycles. The molecule has 0 heteroatoms. The standard InChI is InChI=1S/C28H46/c1-19-9-7-10-20(19)21-13-17-27(5)22(21)11-12-24-26(4)16-8-15-25(2,3)23(26)14-18-28(24,27)6/h19-20,23-24H,7-18H2,1-6H3/t19-,20+,23-,24+,26-,27+,28+/m0/s1. The van der Waals surface area contributed by atoms with Gasteiger partial charge < -0.3 is 0 Å². The van der Waals surface area contributed by atoms with Crippen LogP contribution in [0.1, 0.15) is 119 Å². The summed E-state index contributed by atoms with van der Waals surface area (Å²) in [6.45, 7) is 16.0. The number of rotatable bonds is 1. The summed E-state index contributed by atoms with van der Waals surface area (Å²) in [6.07, 6.45) is 17.7. The zero-order valence-electron chi connectivity index (χ0n) is 19.8. The number of allylic oxidation sites excluding steroid dienone is 2. The molecule has 0 bridgehead atoms. The maximum Gasteiger partial charge on any atom is -0.00539 e. The molecular weight excluding hydrogens is 336 g/mol. The maximum absolute atomic E-state index is 2.76. The van der Waals surface area contributed by atoms with E-state index >= 15 is 0 Å². The van der Waals surface area contributed by atoms with Crippen LogP contribution in [0, 0.1) is 45.3 Å². The van der Waals surface area contributed by atoms with Crippen LogP contribution >= 0.6 is 0 Å². The predicted molar refractivity (Wildman–Crippen MR) is 120 cm³/mol. The summed E-state index contributed by atoms with van der Waals surface area (Å²) in [5.74, 6) is 3.80. The summed E-state index contributed by atoms with van der Waals surface area (Å²) in [5.41, 5.74) is 6.16. The third-order valence-corrected chi connectivity index (χ3v) is 12.0. The lowest BCUT2D eigenvalue weighted by molar-refractivity contribution is -0.173. The highest BCUT2D eigenvalue weighted by atomic mass is 14.7. The second kappa shape index (κ2) is 6.13. The first-order chi connectivity index (χ1) is 13.1. The molecule has 0 aromatic heterocycles. The fourth-order valence-corrected chi connectivity index (χ4v) is 10.4. The lowest BCUT2D eigenvalue weighted by atomic mass is 9.36. The monoisotopic (exact) mass is 382 g/mol. The van der Waals surface area contributed by atoms with Gasteiger partial charge in [0.1, 0.15) is 0 Å². The van der Waals surface area contributed by atoms with Crippen molar-refractivity contribution in [3.8, 4) is 0 Å². The lowest BCUT2D eigenvalue weighted by Gasteiger charge is -2.68. The molecule has 0 spiro atoms. The highest BCUT2D eigenvalue weighted by Crippen LogP contribution is 2.74. The molecule has 0 aromatic rings. The fourth-order valence-electron chi connectivity index (χ4n) is 10.4. The minimum absolute atomic E-state index is 0.503. The highest BCUT2D eigenvalue weighted by Gasteiger charge is 2.65. The van der Waals surface area contributed by atoms with Gasteiger partial charge in [-0.05, 0) is 103 Å². The van der Waals surface area contributed by atoms with Gasteiger partial charge in [-0.1, -0.05) is 72.0 Å². The predicted octanol–water partition coefficient (Wildman–Crippen LogP) is 8.56. The van der Waals surface area contributed by atoms with Crippen LogP contribution in [-0.2, 0) is 0 Å². The van der Waals surface area contributed by atoms with Crippen LogP contribution in [0.5, 0.6) is 0 Å². The van der Waals surface area contributed by atoms with Gasteiger partial charge in [0.15, 0.2) is 0 Å². The highest BCUT2D eigenvalue weighted by molar-refractivity contribution is 5.36. The van der Waals surface area contributed by atoms with Crippen molar-refractivity contribution < 1.29 is 0 Å². The first kappa shape index (κ1) is 19.7. The van der Waals surface area contributed by atoms with E-state index in [4.69, 9.17) is 0 Å². The summed E-state index contributed by atoms with van der Waals surface area (Å²) in [5, 5.41) is 0. The van der Waals surface area contributed by atoms with Gasteiger partial charge in [0.25, 0.3) is 0 Å². The van der Waals surface area contributed by atoms with Gasteiger partial charge in [0.05, 0.1) is 0 Å². The van der Waals surface area contributed by atoms with E-state index < -0.39 is 0 Å². The second-order valence-corrected chi connectivity index (χ2v) is 13.3. The van der Waals surface area contributed by atoms with Crippen LogP contribution in [0.2, 0.25) is 0 Å². The normalized spacial score (nSPS) is 52.9. The molecule has 5 rings (SSSR count). The molecule has 4 fully saturated rings. The number of hydrogen-bond donors (Lipinski definition) is 0. The Balaban J connectivity index is 1.54. The van der Waals surface area contributed by atoms with Crippen LogP contribution in [-0.4, -0.2) is 0 Å². The Morgan fingerprint density at radius 3 is 2.21 bits per heavy atom. The average Bonchev–Trinajstić information content (AvgIpc) is 3.18. The molecule has 4 saturated carbocycles. The van der Waals surface area contributed by atoms with E-state index in [-0.39, 0.29) is 0 Å². The fraction of sp³-hybridized carbons (Fsp3) is 0.929. The minimum atomic E-state index is 0.503. The number of hydrogen-bond acceptors (Lipinski definition) is 0. The van der Waals surface area contributed by atoms with E-state index in [0.717, 1.165) is 23.7 Å². The molecule has 0 amide bonds. The van der Waals surface area contributed by atoms with Gasteiger partial charge in [-0.25, -0.2) is 0 Å². The van der Waals surface area contributed by atoms with Crippen molar-refractivity contribution in [3.63, 3.8) is 0 Å². The Morgan fingerprint density at radius 1 is 0.714 bits per heavy atom. The van der Waals surface area contributed by atoms with Crippen LogP contribution in [0.15, 0.2) is 11.1 Å². The van der Waals surface area contributed by atoms with E-state index in [1.54, 1.807) is 0 Å². The van der Waals surface area contributed by atoms with E-state index in [1.165, 1.54) is 77.0 Å². The molecular formula is C28H46. The molecule has 0 radical (unpaired) electrons. The third kappa shape index (κ3) is 2.36. The van der Waals surface area contributed by atoms with Crippen molar-refractivity contribution in [2.24, 2.45) is 45.3 Å². The summed E-state index contributed by atoms with van der Waals surface area (Å²) >= 11 is 0. The Morgan fingerprint density at radius 2 is 1.50 bits per heavy atom. The SMILES string of the molecule is C[C@H]1CCC[C@H]1C1=C2CC[C@@H]3[C@@]4(C)CCCC(C)(C)[C@@H]4CC[C@@]3(C)[C@]2(C)CC1. The van der Waals surface area contributed by atoms with Crippen molar-refractivity contribution in [2.45, 2.75) is 119 Å². The Kier molecular flexibility index (Phi) is 4.31. The molecule has 0 N–H and O–H groups in total. The molecule has 0 heterocycles. The molecule has 0 nitrogen and oxygen atoms in total. The van der Waals surface area contributed by atoms with Gasteiger partial charge in [0, 0.05) is 0 Å². The van der Waals surface area contributed by atoms with Gasteiger partial charge in [0.2, 0.25) is 0 Å². The van der Waals surface area contributed by atoms with E-state index in [9.17, 15) is 0 Å². The molecule has 28 heavy (non-hydrogen) atoms. The first-order valence-electron chi connectivity index (χ1n) is 12.9. The van der Waals surface area contributed by atoms with Crippen molar-refractivity contribution in [1.82, 2.24) is 0 Å². The lowest BCUT2D eigenvalue weighted by Crippen LogP contribution is -2.60. The summed E-state index contributed by atoms with van der Waals surface area (Å²) in [7, 11) is 0. The maximum atomic E-state index is 2.76. The molecule has 0 saturated heterocycles. The minimum Gasteiger partial charge on any atom is -0.0670 e. The molecule has 158 valence electrons. The van der Waals surface area contributed by atoms with Crippen LogP contribution in [0.25, 0.3) is 0 Å². The number of fused-ring (bicyclic) bond motifs is 5. The Hall–Kier alpha value is -0.260. The molecule has 7 atom stereocenters. The van der Waals surface area contributed by atoms with Gasteiger partial charge in [-0.15, -0.1) is 0 Å². The summed E-state index contributed by atoms with van der Waals surface area (Å²) < 4.78 is 0. The first-order valence-corrected chi connectivity index (χ1v) is 12.9. The van der Waals surface area contributed by atoms with Crippen LogP contribution in [0.4, 0.5) is 0 Å². The topological polar surface area (TPSA) is 0 Å². The third-order valence-electron chi connectivity index (χ3n) is 12.0. The van der Waals surface area contributed by atoms with Crippen molar-refractivity contribution in [1.29, 1.82) is 0 Å². The summed E-state index contributed by atoms with van der Waals surface area (Å²) in [4.78, 5) is 0. The van der Waals surface area contributed by atoms with Crippen molar-refractivity contribution in [2.75, 3.05) is 0 Å². The second-order valence-electron chi connectivity index (χ2n) is 13.3. The molecule has 0 aromatic carbocycles. The van der Waals surface area contributed by atoms with Crippen LogP contribution < -0.4 is 0 Å².